The van der Waals surface area contributed by atoms with Crippen LogP contribution >= 0.6 is 9.12 Å². The van der Waals surface area contributed by atoms with E-state index >= 15 is 0 Å². The van der Waals surface area contributed by atoms with E-state index in [9.17, 15) is 0 Å². The maximum absolute atomic E-state index is 7.94. The molecule has 0 heterocycles. The summed E-state index contributed by atoms with van der Waals surface area (Å²) in [6.45, 7) is 0. The molecule has 1 nitrogen and oxygen atoms in total. The van der Waals surface area contributed by atoms with E-state index in [-0.39, 0.29) is 34.1 Å². The van der Waals surface area contributed by atoms with Crippen molar-refractivity contribution in [1.29, 1.82) is 0 Å². The van der Waals surface area contributed by atoms with Gasteiger partial charge in [-0.05, 0) is 0 Å². The zero-order valence-corrected chi connectivity index (χ0v) is 4.77. The Morgan fingerprint density at radius 2 is 1.25 bits per heavy atom. The third kappa shape index (κ3) is 11.1. The summed E-state index contributed by atoms with van der Waals surface area (Å²) >= 11 is 0. The van der Waals surface area contributed by atoms with Gasteiger partial charge in [0.05, 0.1) is 0 Å². The molecule has 4 heavy (non-hydrogen) atoms. The topological polar surface area (TPSA) is 17.1 Å². The Kier molecular flexibility index (Phi) is 151. The van der Waals surface area contributed by atoms with Gasteiger partial charge in [0.2, 0.25) is 0 Å². The summed E-state index contributed by atoms with van der Waals surface area (Å²) in [7, 11) is 2.28. The average molecular weight is 158 g/mol. The van der Waals surface area contributed by atoms with Crippen molar-refractivity contribution >= 4 is 9.12 Å². The van der Waals surface area contributed by atoms with E-state index in [1.54, 1.807) is 0 Å². The number of rotatable bonds is 0. The van der Waals surface area contributed by atoms with Crippen LogP contribution in [0.5, 0.6) is 0 Å². The Hall–Kier alpha value is 1.14. The molecule has 0 atom stereocenters. The van der Waals surface area contributed by atoms with Gasteiger partial charge in [-0.1, -0.05) is 0 Å². The third-order valence-electron chi connectivity index (χ3n) is 0. The molecular formula is FeMnOP. The molecule has 0 aliphatic carbocycles. The normalized spacial score (nSPS) is 1.00. The van der Waals surface area contributed by atoms with Crippen molar-refractivity contribution in [1.82, 2.24) is 0 Å². The van der Waals surface area contributed by atoms with E-state index in [2.05, 4.69) is 9.12 Å². The fraction of sp³-hybridized carbons (Fsp3) is 0. The van der Waals surface area contributed by atoms with Crippen molar-refractivity contribution in [2.45, 2.75) is 0 Å². The first-order valence-corrected chi connectivity index (χ1v) is 0.548. The van der Waals surface area contributed by atoms with Crippen molar-refractivity contribution in [3.63, 3.8) is 0 Å². The SMILES string of the molecule is O=[P].[Fe].[Mn]. The summed E-state index contributed by atoms with van der Waals surface area (Å²) < 4.78 is 7.94. The van der Waals surface area contributed by atoms with Crippen molar-refractivity contribution < 1.29 is 38.7 Å². The Balaban J connectivity index is -0.00000000500. The average Bonchev–Trinajstić information content (AvgIpc) is 1.00. The van der Waals surface area contributed by atoms with Crippen LogP contribution in [0.4, 0.5) is 0 Å². The van der Waals surface area contributed by atoms with Crippen molar-refractivity contribution in [2.24, 2.45) is 0 Å². The van der Waals surface area contributed by atoms with Gasteiger partial charge in [-0.15, -0.1) is 0 Å². The first-order chi connectivity index (χ1) is 1.00. The van der Waals surface area contributed by atoms with Gasteiger partial charge in [-0.2, -0.15) is 0 Å². The van der Waals surface area contributed by atoms with Gasteiger partial charge in [-0.25, -0.2) is 0 Å². The second-order valence-corrected chi connectivity index (χ2v) is 0. The molecule has 0 aliphatic rings. The summed E-state index contributed by atoms with van der Waals surface area (Å²) in [5.41, 5.74) is 0. The van der Waals surface area contributed by atoms with Crippen LogP contribution in [0.2, 0.25) is 0 Å². The summed E-state index contributed by atoms with van der Waals surface area (Å²) in [5.74, 6) is 0. The quantitative estimate of drug-likeness (QED) is 0.375. The molecule has 0 aromatic heterocycles. The first kappa shape index (κ1) is 19.2. The molecule has 0 N–H and O–H groups in total. The smallest absolute Gasteiger partial charge is 0.261 e. The Bertz CT molecular complexity index is 8.00. The van der Waals surface area contributed by atoms with Gasteiger partial charge in [0.1, 0.15) is 0 Å². The van der Waals surface area contributed by atoms with Gasteiger partial charge >= 0.3 is 0 Å². The molecule has 0 aromatic rings. The largest absolute Gasteiger partial charge is 0.261 e. The van der Waals surface area contributed by atoms with Crippen molar-refractivity contribution in [3.8, 4) is 0 Å². The van der Waals surface area contributed by atoms with E-state index in [0.717, 1.165) is 0 Å². The van der Waals surface area contributed by atoms with Crippen LogP contribution in [0.15, 0.2) is 0 Å². The molecule has 4 heteroatoms. The van der Waals surface area contributed by atoms with Gasteiger partial charge in [0.25, 0.3) is 9.12 Å². The molecule has 0 saturated carbocycles. The molecular weight excluding hydrogens is 158 g/mol. The third-order valence-corrected chi connectivity index (χ3v) is 0. The van der Waals surface area contributed by atoms with Crippen LogP contribution in [0.1, 0.15) is 0 Å². The van der Waals surface area contributed by atoms with E-state index in [1.807, 2.05) is 0 Å². The van der Waals surface area contributed by atoms with Crippen LogP contribution < -0.4 is 0 Å². The minimum Gasteiger partial charge on any atom is -0.261 e. The van der Waals surface area contributed by atoms with Gasteiger partial charge in [-0.3, -0.25) is 4.57 Å². The van der Waals surface area contributed by atoms with E-state index in [0.29, 0.717) is 0 Å². The second-order valence-electron chi connectivity index (χ2n) is 0. The molecule has 2 radical (unpaired) electrons. The van der Waals surface area contributed by atoms with Crippen LogP contribution in [0.25, 0.3) is 0 Å². The Labute approximate surface area is 48.1 Å². The second kappa shape index (κ2) is 31.4. The van der Waals surface area contributed by atoms with Gasteiger partial charge in [0.15, 0.2) is 0 Å². The molecule has 0 bridgehead atoms. The minimum absolute atomic E-state index is 0. The van der Waals surface area contributed by atoms with E-state index in [1.165, 1.54) is 0 Å². The van der Waals surface area contributed by atoms with Crippen molar-refractivity contribution in [2.75, 3.05) is 0 Å². The first-order valence-electron chi connectivity index (χ1n) is 0.183. The molecule has 0 fully saturated rings. The van der Waals surface area contributed by atoms with E-state index in [4.69, 9.17) is 4.57 Å². The molecule has 0 aliphatic heterocycles. The van der Waals surface area contributed by atoms with Crippen molar-refractivity contribution in [3.05, 3.63) is 0 Å². The van der Waals surface area contributed by atoms with Gasteiger partial charge in [0, 0.05) is 34.1 Å². The fourth-order valence-electron chi connectivity index (χ4n) is 0. The zero-order chi connectivity index (χ0) is 2.00. The number of hydrogen-bond donors (Lipinski definition) is 0. The molecule has 0 rings (SSSR count). The molecule has 0 amide bonds. The van der Waals surface area contributed by atoms with Gasteiger partial charge < -0.3 is 0 Å². The van der Waals surface area contributed by atoms with Crippen LogP contribution in [-0.2, 0) is 38.7 Å². The predicted octanol–water partition coefficient (Wildman–Crippen LogP) is 0.737. The van der Waals surface area contributed by atoms with Crippen LogP contribution in [0, 0.1) is 0 Å². The molecule has 0 unspecified atom stereocenters. The van der Waals surface area contributed by atoms with E-state index < -0.39 is 0 Å². The Morgan fingerprint density at radius 1 is 1.25 bits per heavy atom. The van der Waals surface area contributed by atoms with Crippen LogP contribution in [0.3, 0.4) is 0 Å². The standard InChI is InChI=1S/Fe.Mn.OP/c;;1-2. The molecule has 26 valence electrons. The predicted molar refractivity (Wildman–Crippen MR) is 7.61 cm³/mol. The number of hydrogen-bond acceptors (Lipinski definition) is 1. The Morgan fingerprint density at radius 3 is 1.25 bits per heavy atom. The monoisotopic (exact) mass is 158 g/mol. The molecule has 0 saturated heterocycles. The summed E-state index contributed by atoms with van der Waals surface area (Å²) in [5, 5.41) is 0. The summed E-state index contributed by atoms with van der Waals surface area (Å²) in [4.78, 5) is 0. The maximum Gasteiger partial charge on any atom is 0.261 e. The summed E-state index contributed by atoms with van der Waals surface area (Å²) in [6.07, 6.45) is 0. The minimum atomic E-state index is 0. The maximum atomic E-state index is 7.94. The fourth-order valence-corrected chi connectivity index (χ4v) is 0. The zero-order valence-electron chi connectivity index (χ0n) is 1.59. The molecule has 0 spiro atoms. The van der Waals surface area contributed by atoms with Crippen LogP contribution in [-0.4, -0.2) is 0 Å². The molecule has 0 aromatic carbocycles. The summed E-state index contributed by atoms with van der Waals surface area (Å²) in [6, 6.07) is 0.